The molecule has 2 N–H and O–H groups in total. The number of halogens is 4. The fourth-order valence-electron chi connectivity index (χ4n) is 4.66. The second kappa shape index (κ2) is 10.3. The summed E-state index contributed by atoms with van der Waals surface area (Å²) in [6.45, 7) is 3.42. The normalized spacial score (nSPS) is 15.6. The SMILES string of the molecule is CC(C(=O)COc1c(Br)cc(-c2csc(N)n2)cc1C(F)(F)F)[C@H](C)CC1Cc2ccccc2C1. The van der Waals surface area contributed by atoms with Crippen molar-refractivity contribution in [2.75, 3.05) is 12.3 Å². The van der Waals surface area contributed by atoms with Crippen LogP contribution in [0, 0.1) is 17.8 Å². The molecule has 0 saturated carbocycles. The van der Waals surface area contributed by atoms with Gasteiger partial charge in [-0.15, -0.1) is 11.3 Å². The van der Waals surface area contributed by atoms with Crippen LogP contribution in [0.3, 0.4) is 0 Å². The Morgan fingerprint density at radius 1 is 1.23 bits per heavy atom. The molecule has 2 atom stereocenters. The molecule has 1 aliphatic carbocycles. The number of benzene rings is 2. The minimum Gasteiger partial charge on any atom is -0.484 e. The summed E-state index contributed by atoms with van der Waals surface area (Å²) in [5.41, 5.74) is 7.99. The van der Waals surface area contributed by atoms with Crippen LogP contribution in [0.1, 0.15) is 37.0 Å². The van der Waals surface area contributed by atoms with Crippen LogP contribution in [0.5, 0.6) is 5.75 Å². The molecule has 186 valence electrons. The summed E-state index contributed by atoms with van der Waals surface area (Å²) in [6.07, 6.45) is -1.80. The maximum atomic E-state index is 13.9. The van der Waals surface area contributed by atoms with Crippen LogP contribution < -0.4 is 10.5 Å². The molecule has 0 saturated heterocycles. The Morgan fingerprint density at radius 3 is 2.46 bits per heavy atom. The number of ketones is 1. The van der Waals surface area contributed by atoms with Crippen LogP contribution in [-0.2, 0) is 23.8 Å². The number of ether oxygens (including phenoxy) is 1. The van der Waals surface area contributed by atoms with Gasteiger partial charge in [-0.1, -0.05) is 38.1 Å². The molecule has 1 heterocycles. The molecule has 1 unspecified atom stereocenters. The molecule has 0 fully saturated rings. The Balaban J connectivity index is 1.43. The predicted molar refractivity (Wildman–Crippen MR) is 135 cm³/mol. The van der Waals surface area contributed by atoms with Crippen molar-refractivity contribution in [1.82, 2.24) is 4.98 Å². The molecule has 0 amide bonds. The predicted octanol–water partition coefficient (Wildman–Crippen LogP) is 7.20. The average molecular weight is 567 g/mol. The zero-order valence-corrected chi connectivity index (χ0v) is 21.8. The van der Waals surface area contributed by atoms with Gasteiger partial charge in [0.2, 0.25) is 0 Å². The van der Waals surface area contributed by atoms with Gasteiger partial charge in [0.05, 0.1) is 15.7 Å². The number of nitrogens with two attached hydrogens (primary N) is 1. The molecular formula is C26H26BrF3N2O2S. The standard InChI is InChI=1S/C26H26BrF3N2O2S/c1-14(7-16-8-17-5-3-4-6-18(17)9-16)15(2)23(33)12-34-24-20(26(28,29)30)10-19(11-21(24)27)22-13-35-25(31)32-22/h3-6,10-11,13-16H,7-9,12H2,1-2H3,(H2,31,32)/t14-,15?/m1/s1. The number of rotatable bonds is 8. The van der Waals surface area contributed by atoms with E-state index in [1.165, 1.54) is 17.2 Å². The van der Waals surface area contributed by atoms with Crippen molar-refractivity contribution in [3.8, 4) is 17.0 Å². The quantitative estimate of drug-likeness (QED) is 0.313. The van der Waals surface area contributed by atoms with Crippen molar-refractivity contribution in [1.29, 1.82) is 0 Å². The molecule has 1 aliphatic rings. The number of Topliss-reactive ketones (excluding diaryl/α,β-unsaturated/α-hetero) is 1. The van der Waals surface area contributed by atoms with Gasteiger partial charge in [-0.3, -0.25) is 4.79 Å². The summed E-state index contributed by atoms with van der Waals surface area (Å²) in [6, 6.07) is 10.8. The number of nitrogens with zero attached hydrogens (tertiary/aromatic N) is 1. The first kappa shape index (κ1) is 25.7. The second-order valence-electron chi connectivity index (χ2n) is 9.20. The van der Waals surface area contributed by atoms with Gasteiger partial charge < -0.3 is 10.5 Å². The van der Waals surface area contributed by atoms with Gasteiger partial charge in [-0.25, -0.2) is 4.98 Å². The van der Waals surface area contributed by atoms with Crippen LogP contribution in [0.4, 0.5) is 18.3 Å². The molecular weight excluding hydrogens is 541 g/mol. The molecule has 4 rings (SSSR count). The molecule has 0 spiro atoms. The average Bonchev–Trinajstić information content (AvgIpc) is 3.41. The number of hydrogen-bond donors (Lipinski definition) is 1. The number of aromatic nitrogens is 1. The molecule has 0 radical (unpaired) electrons. The maximum absolute atomic E-state index is 13.9. The monoisotopic (exact) mass is 566 g/mol. The van der Waals surface area contributed by atoms with Crippen LogP contribution in [0.2, 0.25) is 0 Å². The highest BCUT2D eigenvalue weighted by Crippen LogP contribution is 2.43. The first-order valence-electron chi connectivity index (χ1n) is 11.4. The highest BCUT2D eigenvalue weighted by atomic mass is 79.9. The van der Waals surface area contributed by atoms with Gasteiger partial charge in [0.1, 0.15) is 12.4 Å². The highest BCUT2D eigenvalue weighted by molar-refractivity contribution is 9.10. The van der Waals surface area contributed by atoms with E-state index in [9.17, 15) is 18.0 Å². The largest absolute Gasteiger partial charge is 0.484 e. The third-order valence-corrected chi connectivity index (χ3v) is 7.99. The van der Waals surface area contributed by atoms with Crippen molar-refractivity contribution < 1.29 is 22.7 Å². The molecule has 2 aromatic carbocycles. The van der Waals surface area contributed by atoms with Crippen molar-refractivity contribution in [2.45, 2.75) is 39.3 Å². The number of alkyl halides is 3. The zero-order chi connectivity index (χ0) is 25.3. The first-order chi connectivity index (χ1) is 16.5. The van der Waals surface area contributed by atoms with Gasteiger partial charge >= 0.3 is 6.18 Å². The molecule has 0 aliphatic heterocycles. The molecule has 3 aromatic rings. The Labute approximate surface area is 214 Å². The minimum absolute atomic E-state index is 0.0911. The Hall–Kier alpha value is -2.39. The highest BCUT2D eigenvalue weighted by Gasteiger charge is 2.37. The number of hydrogen-bond acceptors (Lipinski definition) is 5. The summed E-state index contributed by atoms with van der Waals surface area (Å²) >= 11 is 4.34. The van der Waals surface area contributed by atoms with E-state index < -0.39 is 24.1 Å². The number of fused-ring (bicyclic) bond motifs is 1. The topological polar surface area (TPSA) is 65.2 Å². The van der Waals surface area contributed by atoms with Gasteiger partial charge in [0, 0.05) is 16.9 Å². The van der Waals surface area contributed by atoms with E-state index in [2.05, 4.69) is 33.0 Å². The van der Waals surface area contributed by atoms with Gasteiger partial charge in [-0.05, 0) is 70.3 Å². The van der Waals surface area contributed by atoms with Crippen LogP contribution in [0.15, 0.2) is 46.3 Å². The molecule has 9 heteroatoms. The lowest BCUT2D eigenvalue weighted by Crippen LogP contribution is -2.26. The van der Waals surface area contributed by atoms with Crippen molar-refractivity contribution >= 4 is 38.2 Å². The van der Waals surface area contributed by atoms with Crippen LogP contribution in [0.25, 0.3) is 11.3 Å². The zero-order valence-electron chi connectivity index (χ0n) is 19.4. The van der Waals surface area contributed by atoms with E-state index >= 15 is 0 Å². The number of nitrogen functional groups attached to an aromatic ring is 1. The van der Waals surface area contributed by atoms with Gasteiger partial charge in [-0.2, -0.15) is 13.2 Å². The fourth-order valence-corrected chi connectivity index (χ4v) is 5.80. The lowest BCUT2D eigenvalue weighted by atomic mass is 9.83. The number of anilines is 1. The van der Waals surface area contributed by atoms with E-state index in [0.717, 1.165) is 36.7 Å². The summed E-state index contributed by atoms with van der Waals surface area (Å²) in [5, 5.41) is 1.85. The Bertz CT molecular complexity index is 1200. The Kier molecular flexibility index (Phi) is 7.57. The lowest BCUT2D eigenvalue weighted by molar-refractivity contribution is -0.140. The Morgan fingerprint density at radius 2 is 1.89 bits per heavy atom. The number of carbonyl (C=O) groups excluding carboxylic acids is 1. The third-order valence-electron chi connectivity index (χ3n) is 6.73. The second-order valence-corrected chi connectivity index (χ2v) is 10.9. The van der Waals surface area contributed by atoms with E-state index in [0.29, 0.717) is 11.6 Å². The maximum Gasteiger partial charge on any atom is 0.420 e. The molecule has 1 aromatic heterocycles. The van der Waals surface area contributed by atoms with E-state index in [1.807, 2.05) is 26.0 Å². The summed E-state index contributed by atoms with van der Waals surface area (Å²) in [4.78, 5) is 16.9. The molecule has 4 nitrogen and oxygen atoms in total. The summed E-state index contributed by atoms with van der Waals surface area (Å²) in [5.74, 6) is -0.386. The summed E-state index contributed by atoms with van der Waals surface area (Å²) < 4.78 is 47.1. The van der Waals surface area contributed by atoms with Crippen molar-refractivity contribution in [2.24, 2.45) is 17.8 Å². The fraction of sp³-hybridized carbons (Fsp3) is 0.385. The minimum atomic E-state index is -4.67. The third kappa shape index (κ3) is 5.89. The first-order valence-corrected chi connectivity index (χ1v) is 13.0. The van der Waals surface area contributed by atoms with E-state index in [-0.39, 0.29) is 32.8 Å². The number of carbonyl (C=O) groups is 1. The van der Waals surface area contributed by atoms with E-state index in [1.54, 1.807) is 5.38 Å². The summed E-state index contributed by atoms with van der Waals surface area (Å²) in [7, 11) is 0. The number of thiazole rings is 1. The van der Waals surface area contributed by atoms with Crippen molar-refractivity contribution in [3.05, 3.63) is 62.9 Å². The molecule has 0 bridgehead atoms. The lowest BCUT2D eigenvalue weighted by Gasteiger charge is -2.23. The molecule has 35 heavy (non-hydrogen) atoms. The van der Waals surface area contributed by atoms with Crippen LogP contribution in [-0.4, -0.2) is 17.4 Å². The van der Waals surface area contributed by atoms with E-state index in [4.69, 9.17) is 10.5 Å². The van der Waals surface area contributed by atoms with Crippen LogP contribution >= 0.6 is 27.3 Å². The van der Waals surface area contributed by atoms with Gasteiger partial charge in [0.25, 0.3) is 0 Å². The smallest absolute Gasteiger partial charge is 0.420 e. The van der Waals surface area contributed by atoms with Gasteiger partial charge in [0.15, 0.2) is 10.9 Å². The van der Waals surface area contributed by atoms with Crippen molar-refractivity contribution in [3.63, 3.8) is 0 Å².